The first-order chi connectivity index (χ1) is 13.4. The van der Waals surface area contributed by atoms with Crippen LogP contribution in [0, 0.1) is 0 Å². The minimum absolute atomic E-state index is 0.0619. The molecule has 4 aromatic rings. The topological polar surface area (TPSA) is 101 Å². The molecule has 0 aliphatic carbocycles. The number of nitrogens with zero attached hydrogens (tertiary/aromatic N) is 5. The van der Waals surface area contributed by atoms with E-state index in [0.29, 0.717) is 11.5 Å². The van der Waals surface area contributed by atoms with Crippen LogP contribution < -0.4 is 5.32 Å². The smallest absolute Gasteiger partial charge is 0.232 e. The second-order valence-corrected chi connectivity index (χ2v) is 7.57. The zero-order valence-electron chi connectivity index (χ0n) is 16.0. The quantitative estimate of drug-likeness (QED) is 0.570. The molecule has 2 N–H and O–H groups in total. The van der Waals surface area contributed by atoms with Crippen molar-refractivity contribution in [3.05, 3.63) is 54.4 Å². The van der Waals surface area contributed by atoms with Gasteiger partial charge in [0.05, 0.1) is 23.0 Å². The van der Waals surface area contributed by atoms with Crippen molar-refractivity contribution in [3.8, 4) is 11.4 Å². The summed E-state index contributed by atoms with van der Waals surface area (Å²) in [6, 6.07) is 15.5. The molecule has 0 saturated carbocycles. The number of amides is 1. The van der Waals surface area contributed by atoms with Crippen molar-refractivity contribution in [2.75, 3.05) is 5.32 Å². The highest BCUT2D eigenvalue weighted by atomic mass is 16.1. The van der Waals surface area contributed by atoms with E-state index in [-0.39, 0.29) is 17.9 Å². The molecule has 0 radical (unpaired) electrons. The van der Waals surface area contributed by atoms with E-state index in [2.05, 4.69) is 30.7 Å². The van der Waals surface area contributed by atoms with Crippen LogP contribution in [0.3, 0.4) is 0 Å². The predicted octanol–water partition coefficient (Wildman–Crippen LogP) is 3.15. The lowest BCUT2D eigenvalue weighted by molar-refractivity contribution is -0.115. The molecule has 28 heavy (non-hydrogen) atoms. The Kier molecular flexibility index (Phi) is 4.38. The van der Waals surface area contributed by atoms with Gasteiger partial charge in [0.15, 0.2) is 5.82 Å². The van der Waals surface area contributed by atoms with Crippen LogP contribution in [0.25, 0.3) is 22.4 Å². The van der Waals surface area contributed by atoms with Crippen molar-refractivity contribution in [1.29, 1.82) is 0 Å². The highest BCUT2D eigenvalue weighted by Gasteiger charge is 2.18. The number of aromatic nitrogens is 6. The molecule has 0 saturated heterocycles. The lowest BCUT2D eigenvalue weighted by Crippen LogP contribution is -2.25. The van der Waals surface area contributed by atoms with Gasteiger partial charge in [-0.2, -0.15) is 4.80 Å². The zero-order valence-corrected chi connectivity index (χ0v) is 16.0. The monoisotopic (exact) mass is 375 g/mol. The van der Waals surface area contributed by atoms with Gasteiger partial charge in [-0.1, -0.05) is 30.3 Å². The van der Waals surface area contributed by atoms with Crippen LogP contribution in [0.2, 0.25) is 0 Å². The summed E-state index contributed by atoms with van der Waals surface area (Å²) in [5.41, 5.74) is 3.12. The van der Waals surface area contributed by atoms with Crippen molar-refractivity contribution >= 4 is 22.6 Å². The number of nitrogens with one attached hydrogen (secondary N) is 2. The molecule has 0 aliphatic heterocycles. The fourth-order valence-electron chi connectivity index (χ4n) is 2.77. The molecular formula is C20H21N7O. The van der Waals surface area contributed by atoms with Crippen LogP contribution in [0.15, 0.2) is 48.5 Å². The van der Waals surface area contributed by atoms with Crippen molar-refractivity contribution < 1.29 is 4.79 Å². The summed E-state index contributed by atoms with van der Waals surface area (Å²) < 4.78 is 0. The Morgan fingerprint density at radius 2 is 1.93 bits per heavy atom. The molecule has 1 amide bonds. The van der Waals surface area contributed by atoms with Crippen LogP contribution in [0.5, 0.6) is 0 Å². The maximum Gasteiger partial charge on any atom is 0.232 e. The molecule has 0 unspecified atom stereocenters. The first-order valence-corrected chi connectivity index (χ1v) is 9.03. The van der Waals surface area contributed by atoms with Gasteiger partial charge in [-0.25, -0.2) is 4.98 Å². The lowest BCUT2D eigenvalue weighted by atomic mass is 10.1. The number of benzene rings is 2. The van der Waals surface area contributed by atoms with Crippen LogP contribution in [0.4, 0.5) is 5.69 Å². The first kappa shape index (κ1) is 17.8. The van der Waals surface area contributed by atoms with Crippen molar-refractivity contribution in [2.24, 2.45) is 0 Å². The Balaban J connectivity index is 1.48. The Bertz CT molecular complexity index is 1120. The van der Waals surface area contributed by atoms with Gasteiger partial charge in [0.25, 0.3) is 0 Å². The molecule has 8 heteroatoms. The zero-order chi connectivity index (χ0) is 19.7. The molecule has 2 aromatic carbocycles. The fourth-order valence-corrected chi connectivity index (χ4v) is 2.77. The third kappa shape index (κ3) is 3.75. The second kappa shape index (κ2) is 6.88. The Labute approximate surface area is 162 Å². The van der Waals surface area contributed by atoms with Crippen LogP contribution >= 0.6 is 0 Å². The summed E-state index contributed by atoms with van der Waals surface area (Å²) in [6.07, 6.45) is 0.0619. The van der Waals surface area contributed by atoms with Gasteiger partial charge in [0.1, 0.15) is 5.82 Å². The van der Waals surface area contributed by atoms with E-state index in [9.17, 15) is 4.79 Å². The maximum atomic E-state index is 12.3. The number of carbonyl (C=O) groups is 1. The Morgan fingerprint density at radius 3 is 2.64 bits per heavy atom. The van der Waals surface area contributed by atoms with E-state index in [1.807, 2.05) is 69.3 Å². The average Bonchev–Trinajstić information content (AvgIpc) is 3.28. The first-order valence-electron chi connectivity index (χ1n) is 9.03. The van der Waals surface area contributed by atoms with Gasteiger partial charge in [-0.15, -0.1) is 10.2 Å². The molecule has 0 atom stereocenters. The van der Waals surface area contributed by atoms with E-state index in [1.165, 1.54) is 4.80 Å². The molecule has 4 rings (SSSR count). The van der Waals surface area contributed by atoms with Gasteiger partial charge in [-0.3, -0.25) is 4.79 Å². The van der Waals surface area contributed by atoms with Gasteiger partial charge in [0.2, 0.25) is 5.91 Å². The fraction of sp³-hybridized carbons (Fsp3) is 0.250. The Hall–Kier alpha value is -3.55. The second-order valence-electron chi connectivity index (χ2n) is 7.57. The molecule has 2 aromatic heterocycles. The number of rotatable bonds is 4. The molecule has 2 heterocycles. The van der Waals surface area contributed by atoms with E-state index >= 15 is 0 Å². The minimum Gasteiger partial charge on any atom is -0.338 e. The number of carbonyl (C=O) groups excluding carboxylic acids is 1. The Morgan fingerprint density at radius 1 is 1.14 bits per heavy atom. The standard InChI is InChI=1S/C20H21N7O/c1-20(2,3)27-25-17(24-26-27)12-18(28)21-14-9-10-15-16(11-14)23-19(22-15)13-7-5-4-6-8-13/h4-11H,12H2,1-3H3,(H,21,28)(H,22,23). The van der Waals surface area contributed by atoms with Crippen LogP contribution in [0.1, 0.15) is 26.6 Å². The number of H-pyrrole nitrogens is 1. The number of hydrogen-bond donors (Lipinski definition) is 2. The van der Waals surface area contributed by atoms with Crippen LogP contribution in [-0.2, 0) is 16.8 Å². The summed E-state index contributed by atoms with van der Waals surface area (Å²) >= 11 is 0. The summed E-state index contributed by atoms with van der Waals surface area (Å²) in [5.74, 6) is 0.985. The van der Waals surface area contributed by atoms with Gasteiger partial charge < -0.3 is 10.3 Å². The largest absolute Gasteiger partial charge is 0.338 e. The van der Waals surface area contributed by atoms with Crippen molar-refractivity contribution in [3.63, 3.8) is 0 Å². The minimum atomic E-state index is -0.274. The molecule has 0 spiro atoms. The van der Waals surface area contributed by atoms with E-state index in [4.69, 9.17) is 0 Å². The summed E-state index contributed by atoms with van der Waals surface area (Å²) in [6.45, 7) is 5.92. The molecule has 0 aliphatic rings. The normalized spacial score (nSPS) is 11.7. The number of imidazole rings is 1. The maximum absolute atomic E-state index is 12.3. The summed E-state index contributed by atoms with van der Waals surface area (Å²) in [5, 5.41) is 15.1. The lowest BCUT2D eigenvalue weighted by Gasteiger charge is -2.15. The SMILES string of the molecule is CC(C)(C)n1nnc(CC(=O)Nc2ccc3nc(-c4ccccc4)[nH]c3c2)n1. The van der Waals surface area contributed by atoms with Crippen molar-refractivity contribution in [1.82, 2.24) is 30.2 Å². The third-order valence-electron chi connectivity index (χ3n) is 4.19. The average molecular weight is 375 g/mol. The molecular weight excluding hydrogens is 354 g/mol. The predicted molar refractivity (Wildman–Crippen MR) is 107 cm³/mol. The van der Waals surface area contributed by atoms with Gasteiger partial charge >= 0.3 is 0 Å². The van der Waals surface area contributed by atoms with Gasteiger partial charge in [-0.05, 0) is 44.2 Å². The molecule has 0 fully saturated rings. The number of fused-ring (bicyclic) bond motifs is 1. The third-order valence-corrected chi connectivity index (χ3v) is 4.19. The van der Waals surface area contributed by atoms with E-state index in [0.717, 1.165) is 22.4 Å². The summed E-state index contributed by atoms with van der Waals surface area (Å²) in [7, 11) is 0. The molecule has 0 bridgehead atoms. The molecule has 142 valence electrons. The van der Waals surface area contributed by atoms with Gasteiger partial charge in [0, 0.05) is 11.3 Å². The highest BCUT2D eigenvalue weighted by molar-refractivity contribution is 5.94. The van der Waals surface area contributed by atoms with E-state index < -0.39 is 0 Å². The highest BCUT2D eigenvalue weighted by Crippen LogP contribution is 2.22. The summed E-state index contributed by atoms with van der Waals surface area (Å²) in [4.78, 5) is 21.8. The number of anilines is 1. The van der Waals surface area contributed by atoms with Crippen molar-refractivity contribution in [2.45, 2.75) is 32.7 Å². The molecule has 8 nitrogen and oxygen atoms in total. The number of hydrogen-bond acceptors (Lipinski definition) is 5. The van der Waals surface area contributed by atoms with Crippen LogP contribution in [-0.4, -0.2) is 36.1 Å². The number of tetrazole rings is 1. The number of aromatic amines is 1. The van der Waals surface area contributed by atoms with E-state index in [1.54, 1.807) is 0 Å².